The molecule has 3 amide bonds. The maximum atomic E-state index is 14.4. The number of thiophene rings is 1. The molecule has 0 saturated carbocycles. The van der Waals surface area contributed by atoms with Gasteiger partial charge in [0.05, 0.1) is 33.7 Å². The van der Waals surface area contributed by atoms with Crippen molar-refractivity contribution in [1.82, 2.24) is 10.2 Å². The normalized spacial score (nSPS) is 17.9. The van der Waals surface area contributed by atoms with Crippen LogP contribution < -0.4 is 15.5 Å². The topological polar surface area (TPSA) is 111 Å². The van der Waals surface area contributed by atoms with Gasteiger partial charge in [-0.1, -0.05) is 11.6 Å². The molecule has 2 aliphatic heterocycles. The molecule has 1 aromatic carbocycles. The van der Waals surface area contributed by atoms with E-state index in [1.807, 2.05) is 4.90 Å². The Balaban J connectivity index is 0.00000149. The number of hydrogen-bond donors (Lipinski definition) is 3. The molecule has 9 nitrogen and oxygen atoms in total. The zero-order chi connectivity index (χ0) is 24.0. The van der Waals surface area contributed by atoms with Crippen LogP contribution in [0.15, 0.2) is 30.3 Å². The maximum Gasteiger partial charge on any atom is 0.414 e. The van der Waals surface area contributed by atoms with Crippen molar-refractivity contribution in [3.8, 4) is 0 Å². The SMILES string of the molecule is CO.O=C(CN1CCC(NC(=O)c2ccc(Cl)s2)C1)Nc1ccc(N2CCOC2=O)cc1F. The van der Waals surface area contributed by atoms with Crippen molar-refractivity contribution in [1.29, 1.82) is 0 Å². The summed E-state index contributed by atoms with van der Waals surface area (Å²) in [6.07, 6.45) is 0.196. The molecule has 0 radical (unpaired) electrons. The number of aliphatic hydroxyl groups excluding tert-OH is 1. The second-order valence-electron chi connectivity index (χ2n) is 7.28. The highest BCUT2D eigenvalue weighted by Gasteiger charge is 2.27. The Morgan fingerprint density at radius 1 is 1.27 bits per heavy atom. The van der Waals surface area contributed by atoms with Gasteiger partial charge in [0, 0.05) is 26.2 Å². The lowest BCUT2D eigenvalue weighted by atomic mass is 10.2. The van der Waals surface area contributed by atoms with Crippen molar-refractivity contribution < 1.29 is 28.6 Å². The number of carbonyl (C=O) groups is 3. The zero-order valence-electron chi connectivity index (χ0n) is 17.8. The van der Waals surface area contributed by atoms with E-state index in [2.05, 4.69) is 10.6 Å². The van der Waals surface area contributed by atoms with Gasteiger partial charge >= 0.3 is 6.09 Å². The Labute approximate surface area is 199 Å². The van der Waals surface area contributed by atoms with Crippen molar-refractivity contribution in [2.75, 3.05) is 50.1 Å². The van der Waals surface area contributed by atoms with Crippen LogP contribution >= 0.6 is 22.9 Å². The van der Waals surface area contributed by atoms with Crippen LogP contribution in [0.2, 0.25) is 4.34 Å². The number of nitrogens with zero attached hydrogens (tertiary/aromatic N) is 2. The van der Waals surface area contributed by atoms with Crippen molar-refractivity contribution in [3.63, 3.8) is 0 Å². The number of hydrogen-bond acceptors (Lipinski definition) is 7. The number of rotatable bonds is 6. The van der Waals surface area contributed by atoms with Crippen LogP contribution in [0.5, 0.6) is 0 Å². The first-order valence-electron chi connectivity index (χ1n) is 10.2. The summed E-state index contributed by atoms with van der Waals surface area (Å²) < 4.78 is 19.8. The van der Waals surface area contributed by atoms with Gasteiger partial charge in [0.1, 0.15) is 12.4 Å². The van der Waals surface area contributed by atoms with Gasteiger partial charge in [-0.05, 0) is 36.8 Å². The van der Waals surface area contributed by atoms with E-state index in [-0.39, 0.29) is 36.7 Å². The van der Waals surface area contributed by atoms with Gasteiger partial charge in [0.2, 0.25) is 5.91 Å². The minimum absolute atomic E-state index is 0.0416. The van der Waals surface area contributed by atoms with E-state index in [1.165, 1.54) is 28.4 Å². The monoisotopic (exact) mass is 498 g/mol. The number of aliphatic hydroxyl groups is 1. The third-order valence-electron chi connectivity index (χ3n) is 5.07. The summed E-state index contributed by atoms with van der Waals surface area (Å²) in [5.41, 5.74) is 0.420. The van der Waals surface area contributed by atoms with E-state index in [0.717, 1.165) is 7.11 Å². The Morgan fingerprint density at radius 3 is 2.70 bits per heavy atom. The molecule has 3 N–H and O–H groups in total. The molecule has 1 unspecified atom stereocenters. The Kier molecular flexibility index (Phi) is 8.61. The standard InChI is InChI=1S/C20H20ClFN4O4S.CH4O/c21-17-4-3-16(31-17)19(28)23-12-5-6-25(10-12)11-18(27)24-15-2-1-13(9-14(15)22)26-7-8-30-20(26)29;1-2/h1-4,9,12H,5-8,10-11H2,(H,23,28)(H,24,27);2H,1H3. The number of nitrogens with one attached hydrogen (secondary N) is 2. The van der Waals surface area contributed by atoms with Crippen molar-refractivity contribution in [2.24, 2.45) is 0 Å². The van der Waals surface area contributed by atoms with Gasteiger partial charge in [-0.15, -0.1) is 11.3 Å². The molecular weight excluding hydrogens is 475 g/mol. The van der Waals surface area contributed by atoms with E-state index >= 15 is 0 Å². The fourth-order valence-electron chi connectivity index (χ4n) is 3.58. The maximum absolute atomic E-state index is 14.4. The van der Waals surface area contributed by atoms with Gasteiger partial charge in [0.15, 0.2) is 0 Å². The van der Waals surface area contributed by atoms with Crippen LogP contribution in [-0.4, -0.2) is 73.9 Å². The van der Waals surface area contributed by atoms with Crippen LogP contribution in [0.25, 0.3) is 0 Å². The average Bonchev–Trinajstić information content (AvgIpc) is 3.53. The van der Waals surface area contributed by atoms with Crippen molar-refractivity contribution >= 4 is 52.2 Å². The predicted molar refractivity (Wildman–Crippen MR) is 124 cm³/mol. The molecule has 2 aromatic rings. The zero-order valence-corrected chi connectivity index (χ0v) is 19.4. The first kappa shape index (κ1) is 24.9. The number of cyclic esters (lactones) is 1. The summed E-state index contributed by atoms with van der Waals surface area (Å²) in [6.45, 7) is 1.86. The molecule has 1 aromatic heterocycles. The summed E-state index contributed by atoms with van der Waals surface area (Å²) in [4.78, 5) is 40.0. The second-order valence-corrected chi connectivity index (χ2v) is 8.99. The summed E-state index contributed by atoms with van der Waals surface area (Å²) >= 11 is 7.08. The molecule has 0 bridgehead atoms. The average molecular weight is 499 g/mol. The molecule has 33 heavy (non-hydrogen) atoms. The van der Waals surface area contributed by atoms with Gasteiger partial charge in [-0.3, -0.25) is 19.4 Å². The summed E-state index contributed by atoms with van der Waals surface area (Å²) in [5.74, 6) is -1.17. The Bertz CT molecular complexity index is 1020. The molecule has 0 spiro atoms. The lowest BCUT2D eigenvalue weighted by Crippen LogP contribution is -2.38. The Morgan fingerprint density at radius 2 is 2.06 bits per heavy atom. The first-order valence-corrected chi connectivity index (χ1v) is 11.4. The summed E-state index contributed by atoms with van der Waals surface area (Å²) in [5, 5.41) is 12.5. The lowest BCUT2D eigenvalue weighted by molar-refractivity contribution is -0.117. The van der Waals surface area contributed by atoms with E-state index in [1.54, 1.807) is 18.2 Å². The minimum Gasteiger partial charge on any atom is -0.447 e. The molecule has 178 valence electrons. The quantitative estimate of drug-likeness (QED) is 0.564. The smallest absolute Gasteiger partial charge is 0.414 e. The largest absolute Gasteiger partial charge is 0.447 e. The molecule has 2 fully saturated rings. The molecule has 1 atom stereocenters. The minimum atomic E-state index is -0.633. The predicted octanol–water partition coefficient (Wildman–Crippen LogP) is 2.55. The third kappa shape index (κ3) is 6.41. The highest BCUT2D eigenvalue weighted by atomic mass is 35.5. The van der Waals surface area contributed by atoms with Crippen molar-refractivity contribution in [2.45, 2.75) is 12.5 Å². The molecule has 12 heteroatoms. The van der Waals surface area contributed by atoms with E-state index in [4.69, 9.17) is 21.4 Å². The van der Waals surface area contributed by atoms with Crippen LogP contribution in [0.1, 0.15) is 16.1 Å². The van der Waals surface area contributed by atoms with Crippen LogP contribution in [0.4, 0.5) is 20.6 Å². The van der Waals surface area contributed by atoms with Crippen molar-refractivity contribution in [3.05, 3.63) is 45.4 Å². The first-order chi connectivity index (χ1) is 15.9. The number of amides is 3. The molecule has 0 aliphatic carbocycles. The Hall–Kier alpha value is -2.73. The third-order valence-corrected chi connectivity index (χ3v) is 6.30. The fourth-order valence-corrected chi connectivity index (χ4v) is 4.53. The highest BCUT2D eigenvalue weighted by molar-refractivity contribution is 7.18. The summed E-state index contributed by atoms with van der Waals surface area (Å²) in [7, 11) is 1.00. The van der Waals surface area contributed by atoms with Gasteiger partial charge < -0.3 is 20.5 Å². The number of carbonyl (C=O) groups excluding carboxylic acids is 3. The van der Waals surface area contributed by atoms with E-state index in [0.29, 0.717) is 41.0 Å². The fraction of sp³-hybridized carbons (Fsp3) is 0.381. The lowest BCUT2D eigenvalue weighted by Gasteiger charge is -2.17. The molecular formula is C21H24ClFN4O5S. The van der Waals surface area contributed by atoms with E-state index in [9.17, 15) is 18.8 Å². The van der Waals surface area contributed by atoms with Crippen LogP contribution in [0, 0.1) is 5.82 Å². The summed E-state index contributed by atoms with van der Waals surface area (Å²) in [6, 6.07) is 7.46. The number of anilines is 2. The molecule has 4 rings (SSSR count). The molecule has 2 aliphatic rings. The van der Waals surface area contributed by atoms with Gasteiger partial charge in [-0.25, -0.2) is 9.18 Å². The molecule has 3 heterocycles. The van der Waals surface area contributed by atoms with E-state index < -0.39 is 11.9 Å². The second kappa shape index (κ2) is 11.4. The number of halogens is 2. The number of ether oxygens (including phenoxy) is 1. The molecule has 2 saturated heterocycles. The highest BCUT2D eigenvalue weighted by Crippen LogP contribution is 2.25. The van der Waals surface area contributed by atoms with Crippen LogP contribution in [0.3, 0.4) is 0 Å². The number of likely N-dealkylation sites (tertiary alicyclic amines) is 1. The van der Waals surface area contributed by atoms with Gasteiger partial charge in [0.25, 0.3) is 5.91 Å². The van der Waals surface area contributed by atoms with Gasteiger partial charge in [-0.2, -0.15) is 0 Å². The van der Waals surface area contributed by atoms with Crippen LogP contribution in [-0.2, 0) is 9.53 Å². The number of benzene rings is 1.